The summed E-state index contributed by atoms with van der Waals surface area (Å²) in [5.74, 6) is 1.25. The molecule has 0 fully saturated rings. The van der Waals surface area contributed by atoms with Crippen molar-refractivity contribution in [3.63, 3.8) is 0 Å². The van der Waals surface area contributed by atoms with Gasteiger partial charge in [-0.1, -0.05) is 0 Å². The second-order valence-electron chi connectivity index (χ2n) is 7.49. The minimum atomic E-state index is -0.178. The normalized spacial score (nSPS) is 12.1. The molecule has 32 heavy (non-hydrogen) atoms. The highest BCUT2D eigenvalue weighted by Crippen LogP contribution is 2.16. The smallest absolute Gasteiger partial charge is 0.334 e. The van der Waals surface area contributed by atoms with Gasteiger partial charge in [0, 0.05) is 32.9 Å². The van der Waals surface area contributed by atoms with Crippen LogP contribution < -0.4 is 16.3 Å². The average Bonchev–Trinajstić information content (AvgIpc) is 3.07. The van der Waals surface area contributed by atoms with Crippen molar-refractivity contribution >= 4 is 22.9 Å². The van der Waals surface area contributed by atoms with Crippen LogP contribution in [-0.4, -0.2) is 59.1 Å². The summed E-state index contributed by atoms with van der Waals surface area (Å²) in [6.45, 7) is 3.07. The first-order valence-corrected chi connectivity index (χ1v) is 10.3. The fourth-order valence-corrected chi connectivity index (χ4v) is 3.38. The Kier molecular flexibility index (Phi) is 6.36. The number of anilines is 2. The molecule has 0 spiro atoms. The largest absolute Gasteiger partial charge is 0.396 e. The molecule has 4 aromatic rings. The Balaban J connectivity index is 1.42. The van der Waals surface area contributed by atoms with Gasteiger partial charge in [-0.05, 0) is 43.5 Å². The summed E-state index contributed by atoms with van der Waals surface area (Å²) in [6.07, 6.45) is 5.56. The number of rotatable bonds is 9. The molecule has 4 aromatic heterocycles. The lowest BCUT2D eigenvalue weighted by molar-refractivity contribution is 0.263. The molecular weight excluding hydrogens is 410 g/mol. The number of aliphatic hydroxyl groups is 1. The molecule has 3 N–H and O–H groups in total. The Hall–Kier alpha value is -3.86. The number of aryl methyl sites for hydroxylation is 2. The van der Waals surface area contributed by atoms with Crippen LogP contribution in [0.3, 0.4) is 0 Å². The van der Waals surface area contributed by atoms with E-state index in [1.165, 1.54) is 0 Å². The molecule has 166 valence electrons. The summed E-state index contributed by atoms with van der Waals surface area (Å²) < 4.78 is 3.11. The van der Waals surface area contributed by atoms with Gasteiger partial charge < -0.3 is 15.7 Å². The van der Waals surface area contributed by atoms with Crippen molar-refractivity contribution < 1.29 is 5.11 Å². The van der Waals surface area contributed by atoms with E-state index in [0.29, 0.717) is 42.6 Å². The van der Waals surface area contributed by atoms with Gasteiger partial charge in [-0.3, -0.25) is 4.57 Å². The SMILES string of the molecule is Cc1cnc(NC[C@H](CCO)CNc2ccc(-n3c(=O)n(C)c4cccnc43)cn2)nn1. The second kappa shape index (κ2) is 9.52. The van der Waals surface area contributed by atoms with E-state index in [1.54, 1.807) is 40.8 Å². The van der Waals surface area contributed by atoms with Crippen molar-refractivity contribution in [2.45, 2.75) is 13.3 Å². The second-order valence-corrected chi connectivity index (χ2v) is 7.49. The van der Waals surface area contributed by atoms with Gasteiger partial charge in [-0.15, -0.1) is 5.10 Å². The van der Waals surface area contributed by atoms with Crippen LogP contribution in [0.1, 0.15) is 12.1 Å². The highest BCUT2D eigenvalue weighted by atomic mass is 16.3. The van der Waals surface area contributed by atoms with Crippen molar-refractivity contribution in [3.05, 3.63) is 59.0 Å². The molecule has 0 saturated carbocycles. The molecule has 0 radical (unpaired) electrons. The summed E-state index contributed by atoms with van der Waals surface area (Å²) in [5.41, 5.74) is 2.56. The number of hydrogen-bond acceptors (Lipinski definition) is 9. The number of hydrogen-bond donors (Lipinski definition) is 3. The Labute approximate surface area is 184 Å². The summed E-state index contributed by atoms with van der Waals surface area (Å²) >= 11 is 0. The van der Waals surface area contributed by atoms with Gasteiger partial charge in [0.05, 0.1) is 29.3 Å². The fourth-order valence-electron chi connectivity index (χ4n) is 3.38. The van der Waals surface area contributed by atoms with Crippen molar-refractivity contribution in [1.82, 2.24) is 34.3 Å². The number of aromatic nitrogens is 7. The zero-order valence-corrected chi connectivity index (χ0v) is 17.9. The maximum Gasteiger partial charge on any atom is 0.334 e. The molecule has 0 aromatic carbocycles. The molecule has 0 aliphatic carbocycles. The molecule has 0 unspecified atom stereocenters. The van der Waals surface area contributed by atoms with E-state index in [2.05, 4.69) is 35.8 Å². The number of nitrogens with one attached hydrogen (secondary N) is 2. The van der Waals surface area contributed by atoms with E-state index in [-0.39, 0.29) is 18.2 Å². The van der Waals surface area contributed by atoms with E-state index in [1.807, 2.05) is 25.1 Å². The Morgan fingerprint density at radius 1 is 1.06 bits per heavy atom. The van der Waals surface area contributed by atoms with Gasteiger partial charge in [-0.2, -0.15) is 5.10 Å². The lowest BCUT2D eigenvalue weighted by atomic mass is 10.1. The number of nitrogens with zero attached hydrogens (tertiary/aromatic N) is 7. The van der Waals surface area contributed by atoms with E-state index in [4.69, 9.17) is 0 Å². The van der Waals surface area contributed by atoms with Crippen molar-refractivity contribution in [2.24, 2.45) is 13.0 Å². The molecule has 1 atom stereocenters. The van der Waals surface area contributed by atoms with Crippen LogP contribution >= 0.6 is 0 Å². The Bertz CT molecular complexity index is 1230. The summed E-state index contributed by atoms with van der Waals surface area (Å²) in [7, 11) is 1.72. The molecule has 0 aliphatic rings. The number of fused-ring (bicyclic) bond motifs is 1. The lowest BCUT2D eigenvalue weighted by Gasteiger charge is -2.17. The summed E-state index contributed by atoms with van der Waals surface area (Å²) in [4.78, 5) is 25.6. The molecule has 0 saturated heterocycles. The van der Waals surface area contributed by atoms with Crippen LogP contribution in [0.5, 0.6) is 0 Å². The number of aliphatic hydroxyl groups excluding tert-OH is 1. The first kappa shape index (κ1) is 21.4. The van der Waals surface area contributed by atoms with Crippen LogP contribution in [0.4, 0.5) is 11.8 Å². The molecule has 11 nitrogen and oxygen atoms in total. The first-order chi connectivity index (χ1) is 15.6. The van der Waals surface area contributed by atoms with Gasteiger partial charge in [0.2, 0.25) is 5.95 Å². The Morgan fingerprint density at radius 3 is 2.62 bits per heavy atom. The van der Waals surface area contributed by atoms with Gasteiger partial charge in [0.25, 0.3) is 0 Å². The first-order valence-electron chi connectivity index (χ1n) is 10.3. The molecule has 11 heteroatoms. The van der Waals surface area contributed by atoms with E-state index < -0.39 is 0 Å². The van der Waals surface area contributed by atoms with E-state index in [0.717, 1.165) is 11.2 Å². The molecule has 0 amide bonds. The van der Waals surface area contributed by atoms with Crippen molar-refractivity contribution in [2.75, 3.05) is 30.3 Å². The maximum atomic E-state index is 12.7. The van der Waals surface area contributed by atoms with E-state index in [9.17, 15) is 9.90 Å². The molecule has 4 rings (SSSR count). The van der Waals surface area contributed by atoms with Crippen molar-refractivity contribution in [1.29, 1.82) is 0 Å². The lowest BCUT2D eigenvalue weighted by Crippen LogP contribution is -2.25. The van der Waals surface area contributed by atoms with Gasteiger partial charge >= 0.3 is 5.69 Å². The highest BCUT2D eigenvalue weighted by molar-refractivity contribution is 5.73. The van der Waals surface area contributed by atoms with Crippen LogP contribution in [0.25, 0.3) is 16.9 Å². The van der Waals surface area contributed by atoms with Crippen LogP contribution in [-0.2, 0) is 7.05 Å². The maximum absolute atomic E-state index is 12.7. The van der Waals surface area contributed by atoms with Crippen molar-refractivity contribution in [3.8, 4) is 5.69 Å². The quantitative estimate of drug-likeness (QED) is 0.353. The minimum absolute atomic E-state index is 0.0738. The Morgan fingerprint density at radius 2 is 1.91 bits per heavy atom. The standard InChI is InChI=1S/C21H25N9O2/c1-14-10-25-20(28-27-14)26-12-15(7-9-31)11-23-18-6-5-16(13-24-18)30-19-17(4-3-8-22-19)29(2)21(30)32/h3-6,8,10,13,15,31H,7,9,11-12H2,1-2H3,(H,23,24)(H,25,26,28)/t15-/m1/s1. The zero-order chi connectivity index (χ0) is 22.5. The number of pyridine rings is 2. The van der Waals surface area contributed by atoms with Crippen LogP contribution in [0, 0.1) is 12.8 Å². The molecular formula is C21H25N9O2. The summed E-state index contributed by atoms with van der Waals surface area (Å²) in [6, 6.07) is 7.31. The van der Waals surface area contributed by atoms with Gasteiger partial charge in [-0.25, -0.2) is 24.3 Å². The van der Waals surface area contributed by atoms with Crippen LogP contribution in [0.2, 0.25) is 0 Å². The zero-order valence-electron chi connectivity index (χ0n) is 17.9. The highest BCUT2D eigenvalue weighted by Gasteiger charge is 2.14. The van der Waals surface area contributed by atoms with Crippen LogP contribution in [0.15, 0.2) is 47.7 Å². The van der Waals surface area contributed by atoms with E-state index >= 15 is 0 Å². The predicted octanol–water partition coefficient (Wildman–Crippen LogP) is 1.14. The predicted molar refractivity (Wildman–Crippen MR) is 121 cm³/mol. The van der Waals surface area contributed by atoms with Gasteiger partial charge in [0.1, 0.15) is 5.82 Å². The fraction of sp³-hybridized carbons (Fsp3) is 0.333. The van der Waals surface area contributed by atoms with Gasteiger partial charge in [0.15, 0.2) is 5.65 Å². The third-order valence-electron chi connectivity index (χ3n) is 5.16. The monoisotopic (exact) mass is 435 g/mol. The topological polar surface area (TPSA) is 136 Å². The molecule has 4 heterocycles. The number of imidazole rings is 1. The third kappa shape index (κ3) is 4.57. The summed E-state index contributed by atoms with van der Waals surface area (Å²) in [5, 5.41) is 23.8. The molecule has 0 bridgehead atoms. The third-order valence-corrected chi connectivity index (χ3v) is 5.16. The molecule has 0 aliphatic heterocycles. The average molecular weight is 435 g/mol. The minimum Gasteiger partial charge on any atom is -0.396 e.